The van der Waals surface area contributed by atoms with Gasteiger partial charge in [0.05, 0.1) is 0 Å². The topological polar surface area (TPSA) is 75.4 Å². The molecule has 1 amide bonds. The lowest BCUT2D eigenvalue weighted by Gasteiger charge is -2.21. The van der Waals surface area contributed by atoms with Gasteiger partial charge < -0.3 is 16.2 Å². The predicted octanol–water partition coefficient (Wildman–Crippen LogP) is 0.781. The van der Waals surface area contributed by atoms with Crippen molar-refractivity contribution in [2.75, 3.05) is 6.61 Å². The molecular formula is C12H24N2O2. The van der Waals surface area contributed by atoms with Crippen LogP contribution in [0.5, 0.6) is 0 Å². The molecule has 94 valence electrons. The molecule has 16 heavy (non-hydrogen) atoms. The van der Waals surface area contributed by atoms with Crippen LogP contribution in [0.3, 0.4) is 0 Å². The smallest absolute Gasteiger partial charge is 0.220 e. The molecule has 2 unspecified atom stereocenters. The number of aliphatic hydroxyl groups is 1. The third-order valence-corrected chi connectivity index (χ3v) is 3.24. The minimum Gasteiger partial charge on any atom is -0.396 e. The Hall–Kier alpha value is -0.610. The van der Waals surface area contributed by atoms with Crippen LogP contribution in [-0.2, 0) is 4.79 Å². The molecule has 0 radical (unpaired) electrons. The average Bonchev–Trinajstić information content (AvgIpc) is 2.61. The number of rotatable bonds is 5. The van der Waals surface area contributed by atoms with Gasteiger partial charge in [-0.1, -0.05) is 6.42 Å². The van der Waals surface area contributed by atoms with E-state index in [0.717, 1.165) is 19.3 Å². The second kappa shape index (κ2) is 5.64. The van der Waals surface area contributed by atoms with Crippen LogP contribution in [0.25, 0.3) is 0 Å². The normalized spacial score (nSPS) is 25.8. The summed E-state index contributed by atoms with van der Waals surface area (Å²) in [6, 6.07) is 0.165. The first-order valence-corrected chi connectivity index (χ1v) is 6.11. The van der Waals surface area contributed by atoms with Gasteiger partial charge in [0, 0.05) is 30.5 Å². The Bertz CT molecular complexity index is 236. The van der Waals surface area contributed by atoms with E-state index in [1.54, 1.807) is 0 Å². The molecule has 2 atom stereocenters. The third kappa shape index (κ3) is 4.49. The molecule has 0 aliphatic heterocycles. The van der Waals surface area contributed by atoms with Gasteiger partial charge in [-0.3, -0.25) is 4.79 Å². The highest BCUT2D eigenvalue weighted by atomic mass is 16.3. The summed E-state index contributed by atoms with van der Waals surface area (Å²) in [6.07, 6.45) is 4.26. The summed E-state index contributed by atoms with van der Waals surface area (Å²) in [4.78, 5) is 11.7. The second-order valence-corrected chi connectivity index (χ2v) is 5.54. The van der Waals surface area contributed by atoms with E-state index in [4.69, 9.17) is 10.8 Å². The van der Waals surface area contributed by atoms with Crippen molar-refractivity contribution in [3.05, 3.63) is 0 Å². The fraction of sp³-hybridized carbons (Fsp3) is 0.917. The molecule has 4 heteroatoms. The Kier molecular flexibility index (Phi) is 4.74. The summed E-state index contributed by atoms with van der Waals surface area (Å²) in [5, 5.41) is 12.1. The Morgan fingerprint density at radius 2 is 2.19 bits per heavy atom. The van der Waals surface area contributed by atoms with Crippen molar-refractivity contribution in [1.82, 2.24) is 5.32 Å². The molecule has 1 rings (SSSR count). The van der Waals surface area contributed by atoms with E-state index in [9.17, 15) is 4.79 Å². The van der Waals surface area contributed by atoms with Gasteiger partial charge in [-0.2, -0.15) is 0 Å². The summed E-state index contributed by atoms with van der Waals surface area (Å²) in [5.74, 6) is 0.304. The maximum absolute atomic E-state index is 11.7. The minimum absolute atomic E-state index is 0.0591. The molecule has 0 saturated heterocycles. The van der Waals surface area contributed by atoms with E-state index < -0.39 is 0 Å². The zero-order valence-corrected chi connectivity index (χ0v) is 10.3. The summed E-state index contributed by atoms with van der Waals surface area (Å²) in [7, 11) is 0. The largest absolute Gasteiger partial charge is 0.396 e. The number of hydrogen-bond acceptors (Lipinski definition) is 3. The van der Waals surface area contributed by atoms with E-state index >= 15 is 0 Å². The fourth-order valence-electron chi connectivity index (χ4n) is 2.16. The predicted molar refractivity (Wildman–Crippen MR) is 63.9 cm³/mol. The van der Waals surface area contributed by atoms with Crippen molar-refractivity contribution in [3.8, 4) is 0 Å². The lowest BCUT2D eigenvalue weighted by Crippen LogP contribution is -2.40. The maximum atomic E-state index is 11.7. The highest BCUT2D eigenvalue weighted by molar-refractivity contribution is 5.76. The average molecular weight is 228 g/mol. The van der Waals surface area contributed by atoms with Crippen LogP contribution in [0.15, 0.2) is 0 Å². The molecule has 0 aromatic heterocycles. The zero-order chi connectivity index (χ0) is 12.2. The number of hydrogen-bond donors (Lipinski definition) is 3. The monoisotopic (exact) mass is 228 g/mol. The Balaban J connectivity index is 2.28. The molecule has 0 heterocycles. The highest BCUT2D eigenvalue weighted by Gasteiger charge is 2.27. The van der Waals surface area contributed by atoms with Crippen molar-refractivity contribution >= 4 is 5.91 Å². The molecule has 0 aromatic rings. The van der Waals surface area contributed by atoms with Crippen LogP contribution in [-0.4, -0.2) is 29.2 Å². The zero-order valence-electron chi connectivity index (χ0n) is 10.3. The van der Waals surface area contributed by atoms with Gasteiger partial charge in [-0.25, -0.2) is 0 Å². The van der Waals surface area contributed by atoms with Crippen molar-refractivity contribution < 1.29 is 9.90 Å². The summed E-state index contributed by atoms with van der Waals surface area (Å²) >= 11 is 0. The van der Waals surface area contributed by atoms with Gasteiger partial charge in [0.25, 0.3) is 0 Å². The number of nitrogens with two attached hydrogens (primary N) is 1. The van der Waals surface area contributed by atoms with Gasteiger partial charge in [0.15, 0.2) is 0 Å². The first-order valence-electron chi connectivity index (χ1n) is 6.11. The number of aliphatic hydroxyl groups excluding tert-OH is 1. The standard InChI is InChI=1S/C12H24N2O2/c1-12(2,13)7-6-11(16)14-10-5-3-4-9(10)8-15/h9-10,15H,3-8,13H2,1-2H3,(H,14,16). The Morgan fingerprint density at radius 1 is 1.50 bits per heavy atom. The van der Waals surface area contributed by atoms with Gasteiger partial charge in [0.1, 0.15) is 0 Å². The van der Waals surface area contributed by atoms with Crippen LogP contribution >= 0.6 is 0 Å². The quantitative estimate of drug-likeness (QED) is 0.651. The Morgan fingerprint density at radius 3 is 2.75 bits per heavy atom. The van der Waals surface area contributed by atoms with Crippen LogP contribution < -0.4 is 11.1 Å². The van der Waals surface area contributed by atoms with Gasteiger partial charge in [-0.15, -0.1) is 0 Å². The molecule has 4 nitrogen and oxygen atoms in total. The van der Waals surface area contributed by atoms with Crippen molar-refractivity contribution in [2.24, 2.45) is 11.7 Å². The summed E-state index contributed by atoms with van der Waals surface area (Å²) in [6.45, 7) is 4.02. The van der Waals surface area contributed by atoms with E-state index in [1.165, 1.54) is 0 Å². The molecule has 4 N–H and O–H groups in total. The van der Waals surface area contributed by atoms with E-state index in [-0.39, 0.29) is 30.0 Å². The van der Waals surface area contributed by atoms with Crippen LogP contribution in [0.1, 0.15) is 46.0 Å². The van der Waals surface area contributed by atoms with E-state index in [0.29, 0.717) is 12.8 Å². The van der Waals surface area contributed by atoms with Crippen LogP contribution in [0, 0.1) is 5.92 Å². The van der Waals surface area contributed by atoms with Crippen LogP contribution in [0.4, 0.5) is 0 Å². The number of amides is 1. The SMILES string of the molecule is CC(C)(N)CCC(=O)NC1CCCC1CO. The molecule has 0 aromatic carbocycles. The third-order valence-electron chi connectivity index (χ3n) is 3.24. The second-order valence-electron chi connectivity index (χ2n) is 5.54. The lowest BCUT2D eigenvalue weighted by atomic mass is 9.99. The first-order chi connectivity index (χ1) is 7.42. The molecule has 1 aliphatic carbocycles. The molecule has 1 saturated carbocycles. The fourth-order valence-corrected chi connectivity index (χ4v) is 2.16. The van der Waals surface area contributed by atoms with E-state index in [1.807, 2.05) is 13.8 Å². The van der Waals surface area contributed by atoms with Crippen molar-refractivity contribution in [3.63, 3.8) is 0 Å². The molecule has 1 fully saturated rings. The number of carbonyl (C=O) groups is 1. The van der Waals surface area contributed by atoms with Gasteiger partial charge >= 0.3 is 0 Å². The highest BCUT2D eigenvalue weighted by Crippen LogP contribution is 2.25. The van der Waals surface area contributed by atoms with Gasteiger partial charge in [0.2, 0.25) is 5.91 Å². The number of carbonyl (C=O) groups excluding carboxylic acids is 1. The van der Waals surface area contributed by atoms with Crippen molar-refractivity contribution in [1.29, 1.82) is 0 Å². The Labute approximate surface area is 97.6 Å². The molecule has 0 spiro atoms. The molecule has 0 bridgehead atoms. The molecular weight excluding hydrogens is 204 g/mol. The molecule has 1 aliphatic rings. The first kappa shape index (κ1) is 13.5. The van der Waals surface area contributed by atoms with Crippen LogP contribution in [0.2, 0.25) is 0 Å². The van der Waals surface area contributed by atoms with E-state index in [2.05, 4.69) is 5.32 Å². The number of nitrogens with one attached hydrogen (secondary N) is 1. The minimum atomic E-state index is -0.288. The maximum Gasteiger partial charge on any atom is 0.220 e. The van der Waals surface area contributed by atoms with Crippen molar-refractivity contribution in [2.45, 2.75) is 57.5 Å². The van der Waals surface area contributed by atoms with Gasteiger partial charge in [-0.05, 0) is 33.1 Å². The lowest BCUT2D eigenvalue weighted by molar-refractivity contribution is -0.122. The summed E-state index contributed by atoms with van der Waals surface area (Å²) < 4.78 is 0. The summed E-state index contributed by atoms with van der Waals surface area (Å²) in [5.41, 5.74) is 5.54.